The van der Waals surface area contributed by atoms with Crippen molar-refractivity contribution in [1.82, 2.24) is 19.7 Å². The molecule has 3 heterocycles. The number of hydrogen-bond acceptors (Lipinski definition) is 5. The van der Waals surface area contributed by atoms with E-state index >= 15 is 0 Å². The van der Waals surface area contributed by atoms with Crippen molar-refractivity contribution in [2.24, 2.45) is 0 Å². The molecule has 1 N–H and O–H groups in total. The van der Waals surface area contributed by atoms with Gasteiger partial charge in [0.05, 0.1) is 6.20 Å². The van der Waals surface area contributed by atoms with Crippen LogP contribution < -0.4 is 10.2 Å². The Morgan fingerprint density at radius 1 is 1.18 bits per heavy atom. The lowest BCUT2D eigenvalue weighted by atomic mass is 10.1. The zero-order valence-corrected chi connectivity index (χ0v) is 13.4. The summed E-state index contributed by atoms with van der Waals surface area (Å²) in [5.74, 6) is 2.65. The van der Waals surface area contributed by atoms with Gasteiger partial charge in [-0.1, -0.05) is 6.92 Å². The molecule has 6 nitrogen and oxygen atoms in total. The first kappa shape index (κ1) is 14.8. The number of anilines is 3. The molecular formula is C16H24N6. The van der Waals surface area contributed by atoms with Crippen molar-refractivity contribution in [1.29, 1.82) is 0 Å². The van der Waals surface area contributed by atoms with Crippen molar-refractivity contribution in [2.75, 3.05) is 23.3 Å². The van der Waals surface area contributed by atoms with Crippen LogP contribution in [0.2, 0.25) is 0 Å². The van der Waals surface area contributed by atoms with E-state index in [4.69, 9.17) is 4.98 Å². The minimum absolute atomic E-state index is 0.837. The van der Waals surface area contributed by atoms with E-state index in [1.165, 1.54) is 19.3 Å². The van der Waals surface area contributed by atoms with Gasteiger partial charge in [-0.25, -0.2) is 9.67 Å². The first-order valence-corrected chi connectivity index (χ1v) is 8.15. The van der Waals surface area contributed by atoms with Crippen LogP contribution in [-0.4, -0.2) is 32.8 Å². The Kier molecular flexibility index (Phi) is 4.56. The number of aromatic nitrogens is 4. The molecule has 1 aliphatic heterocycles. The Morgan fingerprint density at radius 3 is 2.77 bits per heavy atom. The van der Waals surface area contributed by atoms with Gasteiger partial charge >= 0.3 is 0 Å². The highest BCUT2D eigenvalue weighted by Gasteiger charge is 2.15. The zero-order valence-electron chi connectivity index (χ0n) is 13.4. The Labute approximate surface area is 131 Å². The summed E-state index contributed by atoms with van der Waals surface area (Å²) in [5.41, 5.74) is 0.986. The number of rotatable bonds is 5. The second-order valence-electron chi connectivity index (χ2n) is 5.81. The lowest BCUT2D eigenvalue weighted by molar-refractivity contribution is 0.568. The van der Waals surface area contributed by atoms with E-state index < -0.39 is 0 Å². The molecule has 1 saturated heterocycles. The van der Waals surface area contributed by atoms with Gasteiger partial charge in [0.25, 0.3) is 0 Å². The molecule has 0 saturated carbocycles. The fraction of sp³-hybridized carbons (Fsp3) is 0.562. The maximum Gasteiger partial charge on any atom is 0.227 e. The van der Waals surface area contributed by atoms with Crippen LogP contribution >= 0.6 is 0 Å². The monoisotopic (exact) mass is 300 g/mol. The molecule has 0 radical (unpaired) electrons. The largest absolute Gasteiger partial charge is 0.341 e. The molecule has 1 aliphatic rings. The highest BCUT2D eigenvalue weighted by Crippen LogP contribution is 2.21. The SMILES string of the molecule is CCCn1nccc1Nc1cc(C)nc(N2CCCCC2)n1. The molecule has 3 rings (SSSR count). The lowest BCUT2D eigenvalue weighted by Gasteiger charge is -2.27. The van der Waals surface area contributed by atoms with Gasteiger partial charge in [-0.3, -0.25) is 0 Å². The predicted molar refractivity (Wildman–Crippen MR) is 88.6 cm³/mol. The quantitative estimate of drug-likeness (QED) is 0.919. The van der Waals surface area contributed by atoms with Crippen LogP contribution in [0.3, 0.4) is 0 Å². The number of piperidine rings is 1. The summed E-state index contributed by atoms with van der Waals surface area (Å²) >= 11 is 0. The Balaban J connectivity index is 1.81. The van der Waals surface area contributed by atoms with E-state index in [-0.39, 0.29) is 0 Å². The van der Waals surface area contributed by atoms with Crippen molar-refractivity contribution in [2.45, 2.75) is 46.1 Å². The highest BCUT2D eigenvalue weighted by atomic mass is 15.3. The van der Waals surface area contributed by atoms with Gasteiger partial charge in [0, 0.05) is 37.5 Å². The van der Waals surface area contributed by atoms with Crippen molar-refractivity contribution in [3.05, 3.63) is 24.0 Å². The Morgan fingerprint density at radius 2 is 2.00 bits per heavy atom. The minimum Gasteiger partial charge on any atom is -0.341 e. The van der Waals surface area contributed by atoms with Crippen LogP contribution in [0.15, 0.2) is 18.3 Å². The summed E-state index contributed by atoms with van der Waals surface area (Å²) in [4.78, 5) is 11.6. The van der Waals surface area contributed by atoms with Gasteiger partial charge in [-0.15, -0.1) is 0 Å². The number of nitrogens with one attached hydrogen (secondary N) is 1. The average molecular weight is 300 g/mol. The molecular weight excluding hydrogens is 276 g/mol. The zero-order chi connectivity index (χ0) is 15.4. The maximum absolute atomic E-state index is 4.70. The van der Waals surface area contributed by atoms with Crippen molar-refractivity contribution in [3.8, 4) is 0 Å². The third-order valence-corrected chi connectivity index (χ3v) is 3.89. The highest BCUT2D eigenvalue weighted by molar-refractivity contribution is 5.54. The van der Waals surface area contributed by atoms with Gasteiger partial charge in [0.15, 0.2) is 0 Å². The first-order valence-electron chi connectivity index (χ1n) is 8.15. The molecule has 0 aliphatic carbocycles. The Bertz CT molecular complexity index is 615. The molecule has 0 aromatic carbocycles. The summed E-state index contributed by atoms with van der Waals surface area (Å²) in [6, 6.07) is 3.96. The topological polar surface area (TPSA) is 58.9 Å². The third kappa shape index (κ3) is 3.37. The van der Waals surface area contributed by atoms with Crippen LogP contribution in [-0.2, 0) is 6.54 Å². The number of aryl methyl sites for hydroxylation is 2. The van der Waals surface area contributed by atoms with Gasteiger partial charge in [0.2, 0.25) is 5.95 Å². The summed E-state index contributed by atoms with van der Waals surface area (Å²) in [5, 5.41) is 7.72. The molecule has 0 spiro atoms. The van der Waals surface area contributed by atoms with E-state index in [2.05, 4.69) is 27.2 Å². The van der Waals surface area contributed by atoms with Gasteiger partial charge in [0.1, 0.15) is 11.6 Å². The fourth-order valence-corrected chi connectivity index (χ4v) is 2.81. The summed E-state index contributed by atoms with van der Waals surface area (Å²) in [7, 11) is 0. The molecule has 22 heavy (non-hydrogen) atoms. The van der Waals surface area contributed by atoms with Gasteiger partial charge in [-0.2, -0.15) is 10.1 Å². The predicted octanol–water partition coefficient (Wildman–Crippen LogP) is 3.13. The molecule has 2 aromatic heterocycles. The molecule has 6 heteroatoms. The van der Waals surface area contributed by atoms with Crippen molar-refractivity contribution >= 4 is 17.6 Å². The molecule has 0 atom stereocenters. The minimum atomic E-state index is 0.837. The molecule has 2 aromatic rings. The van der Waals surface area contributed by atoms with Crippen LogP contribution in [0.1, 0.15) is 38.3 Å². The lowest BCUT2D eigenvalue weighted by Crippen LogP contribution is -2.31. The first-order chi connectivity index (χ1) is 10.8. The van der Waals surface area contributed by atoms with Crippen LogP contribution in [0.5, 0.6) is 0 Å². The summed E-state index contributed by atoms with van der Waals surface area (Å²) < 4.78 is 1.97. The van der Waals surface area contributed by atoms with Gasteiger partial charge in [-0.05, 0) is 32.6 Å². The molecule has 0 unspecified atom stereocenters. The number of hydrogen-bond donors (Lipinski definition) is 1. The molecule has 0 bridgehead atoms. The average Bonchev–Trinajstić information content (AvgIpc) is 2.95. The third-order valence-electron chi connectivity index (χ3n) is 3.89. The second kappa shape index (κ2) is 6.77. The summed E-state index contributed by atoms with van der Waals surface area (Å²) in [6.45, 7) is 7.17. The molecule has 118 valence electrons. The standard InChI is InChI=1S/C16H24N6/c1-3-9-22-15(7-8-17-22)19-14-12-13(2)18-16(20-14)21-10-5-4-6-11-21/h7-8,12H,3-6,9-11H2,1-2H3,(H,18,19,20). The van der Waals surface area contributed by atoms with E-state index in [1.807, 2.05) is 29.9 Å². The fourth-order valence-electron chi connectivity index (χ4n) is 2.81. The second-order valence-corrected chi connectivity index (χ2v) is 5.81. The normalized spacial score (nSPS) is 15.1. The van der Waals surface area contributed by atoms with Crippen LogP contribution in [0, 0.1) is 6.92 Å². The van der Waals surface area contributed by atoms with Crippen LogP contribution in [0.4, 0.5) is 17.6 Å². The van der Waals surface area contributed by atoms with Crippen LogP contribution in [0.25, 0.3) is 0 Å². The van der Waals surface area contributed by atoms with E-state index in [9.17, 15) is 0 Å². The van der Waals surface area contributed by atoms with Crippen molar-refractivity contribution < 1.29 is 0 Å². The van der Waals surface area contributed by atoms with E-state index in [0.717, 1.165) is 49.3 Å². The maximum atomic E-state index is 4.70. The summed E-state index contributed by atoms with van der Waals surface area (Å²) in [6.07, 6.45) is 6.63. The molecule has 0 amide bonds. The van der Waals surface area contributed by atoms with Crippen molar-refractivity contribution in [3.63, 3.8) is 0 Å². The Hall–Kier alpha value is -2.11. The van der Waals surface area contributed by atoms with E-state index in [0.29, 0.717) is 0 Å². The molecule has 1 fully saturated rings. The smallest absolute Gasteiger partial charge is 0.227 e. The van der Waals surface area contributed by atoms with E-state index in [1.54, 1.807) is 0 Å². The number of nitrogens with zero attached hydrogens (tertiary/aromatic N) is 5. The van der Waals surface area contributed by atoms with Gasteiger partial charge < -0.3 is 10.2 Å².